The summed E-state index contributed by atoms with van der Waals surface area (Å²) in [5.41, 5.74) is 6.77. The molecule has 2 fully saturated rings. The molecule has 0 aromatic heterocycles. The summed E-state index contributed by atoms with van der Waals surface area (Å²) < 4.78 is 0. The summed E-state index contributed by atoms with van der Waals surface area (Å²) in [4.78, 5) is 0. The predicted octanol–water partition coefficient (Wildman–Crippen LogP) is 6.04. The Kier molecular flexibility index (Phi) is 11.2. The Morgan fingerprint density at radius 1 is 0.800 bits per heavy atom. The summed E-state index contributed by atoms with van der Waals surface area (Å²) in [5.74, 6) is 2.77. The van der Waals surface area contributed by atoms with Crippen LogP contribution in [0.3, 0.4) is 0 Å². The first-order valence-electron chi connectivity index (χ1n) is 11.7. The second kappa shape index (κ2) is 13.1. The van der Waals surface area contributed by atoms with Gasteiger partial charge in [0.1, 0.15) is 0 Å². The highest BCUT2D eigenvalue weighted by molar-refractivity contribution is 4.82. The molecule has 0 bridgehead atoms. The van der Waals surface area contributed by atoms with Crippen molar-refractivity contribution in [3.8, 4) is 0 Å². The molecule has 0 saturated heterocycles. The number of hydrogen-bond donors (Lipinski definition) is 2. The third-order valence-corrected chi connectivity index (χ3v) is 7.14. The largest absolute Gasteiger partial charge is 0.327 e. The minimum absolute atomic E-state index is 0.462. The SMILES string of the molecule is CNCCCCC(C(N)CCCCC1CCCCC1)C1CCCCC1. The van der Waals surface area contributed by atoms with Crippen LogP contribution >= 0.6 is 0 Å². The first-order valence-corrected chi connectivity index (χ1v) is 11.7. The molecular weight excluding hydrogens is 304 g/mol. The van der Waals surface area contributed by atoms with Crippen LogP contribution in [0.1, 0.15) is 109 Å². The molecule has 0 amide bonds. The van der Waals surface area contributed by atoms with Crippen molar-refractivity contribution in [1.82, 2.24) is 5.32 Å². The highest BCUT2D eigenvalue weighted by Crippen LogP contribution is 2.35. The quantitative estimate of drug-likeness (QED) is 0.421. The molecule has 2 atom stereocenters. The topological polar surface area (TPSA) is 38.0 Å². The predicted molar refractivity (Wildman–Crippen MR) is 111 cm³/mol. The van der Waals surface area contributed by atoms with Crippen LogP contribution in [0.5, 0.6) is 0 Å². The molecule has 148 valence electrons. The molecule has 2 unspecified atom stereocenters. The minimum atomic E-state index is 0.462. The van der Waals surface area contributed by atoms with Gasteiger partial charge in [-0.25, -0.2) is 0 Å². The lowest BCUT2D eigenvalue weighted by atomic mass is 9.73. The van der Waals surface area contributed by atoms with Crippen molar-refractivity contribution in [2.45, 2.75) is 115 Å². The van der Waals surface area contributed by atoms with Crippen LogP contribution in [0, 0.1) is 17.8 Å². The first kappa shape index (κ1) is 21.2. The van der Waals surface area contributed by atoms with Crippen LogP contribution in [-0.4, -0.2) is 19.6 Å². The number of rotatable bonds is 12. The van der Waals surface area contributed by atoms with E-state index in [9.17, 15) is 0 Å². The van der Waals surface area contributed by atoms with E-state index in [0.717, 1.165) is 24.3 Å². The van der Waals surface area contributed by atoms with Crippen LogP contribution in [0.4, 0.5) is 0 Å². The number of nitrogens with one attached hydrogen (secondary N) is 1. The van der Waals surface area contributed by atoms with Gasteiger partial charge in [0, 0.05) is 6.04 Å². The smallest absolute Gasteiger partial charge is 0.00698 e. The molecule has 0 radical (unpaired) electrons. The lowest BCUT2D eigenvalue weighted by Gasteiger charge is -2.34. The summed E-state index contributed by atoms with van der Waals surface area (Å²) in [6.07, 6.45) is 24.3. The van der Waals surface area contributed by atoms with Gasteiger partial charge in [0.25, 0.3) is 0 Å². The normalized spacial score (nSPS) is 22.8. The molecule has 2 aliphatic carbocycles. The van der Waals surface area contributed by atoms with E-state index in [1.54, 1.807) is 0 Å². The molecule has 0 heterocycles. The lowest BCUT2D eigenvalue weighted by molar-refractivity contribution is 0.192. The Bertz CT molecular complexity index is 305. The van der Waals surface area contributed by atoms with Crippen molar-refractivity contribution in [2.24, 2.45) is 23.5 Å². The van der Waals surface area contributed by atoms with Gasteiger partial charge in [-0.2, -0.15) is 0 Å². The summed E-state index contributed by atoms with van der Waals surface area (Å²) in [5, 5.41) is 3.29. The molecule has 2 saturated carbocycles. The minimum Gasteiger partial charge on any atom is -0.327 e. The van der Waals surface area contributed by atoms with Crippen molar-refractivity contribution < 1.29 is 0 Å². The Morgan fingerprint density at radius 3 is 2.12 bits per heavy atom. The Hall–Kier alpha value is -0.0800. The molecule has 3 N–H and O–H groups in total. The molecule has 2 heteroatoms. The van der Waals surface area contributed by atoms with E-state index in [0.29, 0.717) is 6.04 Å². The molecule has 2 aliphatic rings. The molecule has 2 nitrogen and oxygen atoms in total. The van der Waals surface area contributed by atoms with E-state index in [4.69, 9.17) is 5.73 Å². The third-order valence-electron chi connectivity index (χ3n) is 7.14. The van der Waals surface area contributed by atoms with Gasteiger partial charge < -0.3 is 11.1 Å². The average Bonchev–Trinajstić information content (AvgIpc) is 2.67. The van der Waals surface area contributed by atoms with E-state index in [1.165, 1.54) is 109 Å². The van der Waals surface area contributed by atoms with Crippen molar-refractivity contribution >= 4 is 0 Å². The van der Waals surface area contributed by atoms with Gasteiger partial charge in [-0.1, -0.05) is 89.9 Å². The zero-order valence-electron chi connectivity index (χ0n) is 17.1. The van der Waals surface area contributed by atoms with Crippen molar-refractivity contribution in [1.29, 1.82) is 0 Å². The molecular formula is C23H46N2. The van der Waals surface area contributed by atoms with Gasteiger partial charge in [-0.3, -0.25) is 0 Å². The zero-order chi connectivity index (χ0) is 17.7. The highest BCUT2D eigenvalue weighted by Gasteiger charge is 2.28. The third kappa shape index (κ3) is 8.43. The van der Waals surface area contributed by atoms with Crippen molar-refractivity contribution in [3.63, 3.8) is 0 Å². The molecule has 2 rings (SSSR count). The van der Waals surface area contributed by atoms with E-state index in [1.807, 2.05) is 0 Å². The lowest BCUT2D eigenvalue weighted by Crippen LogP contribution is -2.36. The molecule has 0 aromatic carbocycles. The molecule has 25 heavy (non-hydrogen) atoms. The number of unbranched alkanes of at least 4 members (excludes halogenated alkanes) is 2. The van der Waals surface area contributed by atoms with Crippen LogP contribution in [0.25, 0.3) is 0 Å². The second-order valence-corrected chi connectivity index (χ2v) is 9.11. The van der Waals surface area contributed by atoms with Crippen LogP contribution in [0.2, 0.25) is 0 Å². The summed E-state index contributed by atoms with van der Waals surface area (Å²) >= 11 is 0. The fraction of sp³-hybridized carbons (Fsp3) is 1.00. The van der Waals surface area contributed by atoms with E-state index >= 15 is 0 Å². The van der Waals surface area contributed by atoms with Gasteiger partial charge in [-0.05, 0) is 50.6 Å². The van der Waals surface area contributed by atoms with Crippen molar-refractivity contribution in [3.05, 3.63) is 0 Å². The maximum absolute atomic E-state index is 6.77. The maximum atomic E-state index is 6.77. The monoisotopic (exact) mass is 350 g/mol. The van der Waals surface area contributed by atoms with Gasteiger partial charge in [-0.15, -0.1) is 0 Å². The maximum Gasteiger partial charge on any atom is 0.00698 e. The Morgan fingerprint density at radius 2 is 1.44 bits per heavy atom. The van der Waals surface area contributed by atoms with Crippen LogP contribution < -0.4 is 11.1 Å². The van der Waals surface area contributed by atoms with Gasteiger partial charge in [0.15, 0.2) is 0 Å². The molecule has 0 aliphatic heterocycles. The number of hydrogen-bond acceptors (Lipinski definition) is 2. The highest BCUT2D eigenvalue weighted by atomic mass is 14.8. The fourth-order valence-corrected chi connectivity index (χ4v) is 5.55. The van der Waals surface area contributed by atoms with E-state index in [-0.39, 0.29) is 0 Å². The Labute approximate surface area is 158 Å². The van der Waals surface area contributed by atoms with E-state index in [2.05, 4.69) is 12.4 Å². The zero-order valence-corrected chi connectivity index (χ0v) is 17.1. The van der Waals surface area contributed by atoms with E-state index < -0.39 is 0 Å². The number of nitrogens with two attached hydrogens (primary N) is 1. The van der Waals surface area contributed by atoms with Gasteiger partial charge >= 0.3 is 0 Å². The fourth-order valence-electron chi connectivity index (χ4n) is 5.55. The summed E-state index contributed by atoms with van der Waals surface area (Å²) in [7, 11) is 2.07. The second-order valence-electron chi connectivity index (χ2n) is 9.11. The van der Waals surface area contributed by atoms with Gasteiger partial charge in [0.2, 0.25) is 0 Å². The molecule has 0 spiro atoms. The van der Waals surface area contributed by atoms with Crippen molar-refractivity contribution in [2.75, 3.05) is 13.6 Å². The first-order chi connectivity index (χ1) is 12.3. The standard InChI is InChI=1S/C23H46N2/c1-25-19-11-10-17-22(21-15-6-3-7-16-21)23(24)18-9-8-14-20-12-4-2-5-13-20/h20-23,25H,2-19,24H2,1H3. The van der Waals surface area contributed by atoms with Gasteiger partial charge in [0.05, 0.1) is 0 Å². The summed E-state index contributed by atoms with van der Waals surface area (Å²) in [6.45, 7) is 1.16. The summed E-state index contributed by atoms with van der Waals surface area (Å²) in [6, 6.07) is 0.462. The average molecular weight is 351 g/mol. The van der Waals surface area contributed by atoms with Crippen LogP contribution in [0.15, 0.2) is 0 Å². The Balaban J connectivity index is 1.68. The molecule has 0 aromatic rings. The van der Waals surface area contributed by atoms with Crippen LogP contribution in [-0.2, 0) is 0 Å².